The van der Waals surface area contributed by atoms with Crippen LogP contribution in [0.2, 0.25) is 0 Å². The van der Waals surface area contributed by atoms with Crippen molar-refractivity contribution in [2.75, 3.05) is 0 Å². The van der Waals surface area contributed by atoms with E-state index < -0.39 is 49.2 Å². The Labute approximate surface area is 130 Å². The van der Waals surface area contributed by atoms with Crippen molar-refractivity contribution in [3.05, 3.63) is 31.5 Å². The highest BCUT2D eigenvalue weighted by Gasteiger charge is 2.51. The van der Waals surface area contributed by atoms with E-state index in [0.717, 1.165) is 6.20 Å². The lowest BCUT2D eigenvalue weighted by Gasteiger charge is -2.21. The summed E-state index contributed by atoms with van der Waals surface area (Å²) in [6.07, 6.45) is -6.01. The standard InChI is InChI=1S/C9H12BrN2O9P/c10-2-1-12(9(17)11-6(2)15)7-4(14)3(13)5(21-7)8(16)22(18,19)20/h1,3-5,7-8,13-14,16H,(H,11,15,17)(H2,18,19,20)/t3-,4+,5-,7+,8?/m0/s1. The van der Waals surface area contributed by atoms with Gasteiger partial charge >= 0.3 is 13.3 Å². The molecule has 5 atom stereocenters. The summed E-state index contributed by atoms with van der Waals surface area (Å²) in [6, 6.07) is 0. The fourth-order valence-electron chi connectivity index (χ4n) is 2.00. The number of rotatable bonds is 3. The zero-order valence-corrected chi connectivity index (χ0v) is 13.1. The Bertz CT molecular complexity index is 727. The first kappa shape index (κ1) is 17.5. The lowest BCUT2D eigenvalue weighted by Crippen LogP contribution is -2.39. The van der Waals surface area contributed by atoms with Crippen molar-refractivity contribution in [2.24, 2.45) is 0 Å². The predicted octanol–water partition coefficient (Wildman–Crippen LogP) is -2.59. The number of ether oxygens (including phenoxy) is 1. The lowest BCUT2D eigenvalue weighted by atomic mass is 10.1. The van der Waals surface area contributed by atoms with Crippen LogP contribution >= 0.6 is 23.5 Å². The van der Waals surface area contributed by atoms with Crippen molar-refractivity contribution in [1.82, 2.24) is 9.55 Å². The normalized spacial score (nSPS) is 30.5. The van der Waals surface area contributed by atoms with Gasteiger partial charge in [-0.15, -0.1) is 0 Å². The summed E-state index contributed by atoms with van der Waals surface area (Å²) in [4.78, 5) is 42.7. The number of nitrogens with one attached hydrogen (secondary N) is 1. The lowest BCUT2D eigenvalue weighted by molar-refractivity contribution is -0.0695. The van der Waals surface area contributed by atoms with Crippen LogP contribution < -0.4 is 11.2 Å². The molecule has 22 heavy (non-hydrogen) atoms. The molecule has 2 heterocycles. The Balaban J connectivity index is 2.39. The Morgan fingerprint density at radius 1 is 1.32 bits per heavy atom. The number of halogens is 1. The second kappa shape index (κ2) is 5.98. The first-order valence-electron chi connectivity index (χ1n) is 5.80. The molecule has 1 aliphatic heterocycles. The van der Waals surface area contributed by atoms with Crippen LogP contribution in [0.4, 0.5) is 0 Å². The highest BCUT2D eigenvalue weighted by molar-refractivity contribution is 9.10. The van der Waals surface area contributed by atoms with E-state index in [0.29, 0.717) is 4.57 Å². The van der Waals surface area contributed by atoms with E-state index in [4.69, 9.17) is 14.5 Å². The van der Waals surface area contributed by atoms with Gasteiger partial charge in [0.15, 0.2) is 12.1 Å². The average Bonchev–Trinajstić information content (AvgIpc) is 2.69. The van der Waals surface area contributed by atoms with Crippen molar-refractivity contribution in [3.8, 4) is 0 Å². The van der Waals surface area contributed by atoms with Crippen LogP contribution in [0.25, 0.3) is 0 Å². The van der Waals surface area contributed by atoms with Gasteiger partial charge < -0.3 is 29.8 Å². The molecule has 0 saturated carbocycles. The Hall–Kier alpha value is -0.850. The molecule has 1 saturated heterocycles. The summed E-state index contributed by atoms with van der Waals surface area (Å²) in [6.45, 7) is 0. The minimum atomic E-state index is -5.01. The van der Waals surface area contributed by atoms with E-state index in [-0.39, 0.29) is 4.47 Å². The van der Waals surface area contributed by atoms with Crippen molar-refractivity contribution in [2.45, 2.75) is 30.4 Å². The molecule has 0 radical (unpaired) electrons. The van der Waals surface area contributed by atoms with Gasteiger partial charge in [0.25, 0.3) is 5.56 Å². The maximum absolute atomic E-state index is 11.7. The van der Waals surface area contributed by atoms with Crippen LogP contribution in [-0.2, 0) is 9.30 Å². The van der Waals surface area contributed by atoms with Gasteiger partial charge in [0.05, 0.1) is 4.47 Å². The molecule has 1 aromatic heterocycles. The third-order valence-electron chi connectivity index (χ3n) is 3.11. The number of aliphatic hydroxyl groups excluding tert-OH is 3. The number of aromatic nitrogens is 2. The number of aliphatic hydroxyl groups is 3. The molecule has 2 rings (SSSR count). The monoisotopic (exact) mass is 402 g/mol. The van der Waals surface area contributed by atoms with E-state index in [1.54, 1.807) is 0 Å². The Morgan fingerprint density at radius 3 is 2.45 bits per heavy atom. The second-order valence-corrected chi connectivity index (χ2v) is 7.18. The van der Waals surface area contributed by atoms with Crippen molar-refractivity contribution in [1.29, 1.82) is 0 Å². The summed E-state index contributed by atoms with van der Waals surface area (Å²) in [5.74, 6) is -2.39. The van der Waals surface area contributed by atoms with Gasteiger partial charge in [0.1, 0.15) is 18.3 Å². The number of H-pyrrole nitrogens is 1. The third-order valence-corrected chi connectivity index (χ3v) is 4.66. The van der Waals surface area contributed by atoms with Crippen LogP contribution in [0.15, 0.2) is 20.3 Å². The fourth-order valence-corrected chi connectivity index (χ4v) is 2.95. The molecule has 1 aromatic rings. The highest BCUT2D eigenvalue weighted by atomic mass is 79.9. The largest absolute Gasteiger partial charge is 0.387 e. The number of hydrogen-bond donors (Lipinski definition) is 6. The summed E-state index contributed by atoms with van der Waals surface area (Å²) in [7, 11) is -5.01. The number of hydrogen-bond acceptors (Lipinski definition) is 7. The number of nitrogens with zero attached hydrogens (tertiary/aromatic N) is 1. The Morgan fingerprint density at radius 2 is 1.91 bits per heavy atom. The molecule has 0 bridgehead atoms. The van der Waals surface area contributed by atoms with Crippen LogP contribution in [-0.4, -0.2) is 58.8 Å². The maximum atomic E-state index is 11.7. The van der Waals surface area contributed by atoms with E-state index in [2.05, 4.69) is 15.9 Å². The van der Waals surface area contributed by atoms with Gasteiger partial charge in [-0.05, 0) is 15.9 Å². The molecule has 11 nitrogen and oxygen atoms in total. The second-order valence-electron chi connectivity index (χ2n) is 4.62. The van der Waals surface area contributed by atoms with Crippen molar-refractivity contribution in [3.63, 3.8) is 0 Å². The molecule has 6 N–H and O–H groups in total. The van der Waals surface area contributed by atoms with Gasteiger partial charge in [-0.3, -0.25) is 18.9 Å². The first-order chi connectivity index (χ1) is 10.0. The van der Waals surface area contributed by atoms with Gasteiger partial charge in [0, 0.05) is 6.20 Å². The molecule has 1 fully saturated rings. The summed E-state index contributed by atoms with van der Waals surface area (Å²) >= 11 is 2.86. The minimum absolute atomic E-state index is 0.0728. The molecule has 124 valence electrons. The molecular formula is C9H12BrN2O9P. The van der Waals surface area contributed by atoms with Crippen molar-refractivity contribution >= 4 is 23.5 Å². The SMILES string of the molecule is O=c1[nH]c(=O)n([C@@H]2O[C@H](C(O)P(=O)(O)O)[C@@H](O)[C@H]2O)cc1Br. The fraction of sp³-hybridized carbons (Fsp3) is 0.556. The van der Waals surface area contributed by atoms with Crippen molar-refractivity contribution < 1.29 is 34.4 Å². The Kier molecular flexibility index (Phi) is 4.76. The maximum Gasteiger partial charge on any atom is 0.356 e. The van der Waals surface area contributed by atoms with Crippen LogP contribution in [0, 0.1) is 0 Å². The highest BCUT2D eigenvalue weighted by Crippen LogP contribution is 2.46. The predicted molar refractivity (Wildman–Crippen MR) is 73.0 cm³/mol. The molecule has 0 aromatic carbocycles. The van der Waals surface area contributed by atoms with E-state index in [1.165, 1.54) is 0 Å². The summed E-state index contributed by atoms with van der Waals surface area (Å²) in [5.41, 5.74) is -1.71. The molecule has 13 heteroatoms. The zero-order chi connectivity index (χ0) is 16.8. The quantitative estimate of drug-likeness (QED) is 0.295. The van der Waals surface area contributed by atoms with Crippen LogP contribution in [0.5, 0.6) is 0 Å². The van der Waals surface area contributed by atoms with E-state index in [9.17, 15) is 29.5 Å². The summed E-state index contributed by atoms with van der Waals surface area (Å²) < 4.78 is 16.7. The average molecular weight is 403 g/mol. The summed E-state index contributed by atoms with van der Waals surface area (Å²) in [5, 5.41) is 29.1. The third kappa shape index (κ3) is 3.09. The molecule has 1 aliphatic rings. The molecule has 0 amide bonds. The minimum Gasteiger partial charge on any atom is -0.387 e. The van der Waals surface area contributed by atoms with Gasteiger partial charge in [-0.2, -0.15) is 0 Å². The topological polar surface area (TPSA) is 182 Å². The van der Waals surface area contributed by atoms with Crippen LogP contribution in [0.3, 0.4) is 0 Å². The first-order valence-corrected chi connectivity index (χ1v) is 8.27. The molecular weight excluding hydrogens is 391 g/mol. The smallest absolute Gasteiger partial charge is 0.356 e. The van der Waals surface area contributed by atoms with Gasteiger partial charge in [-0.25, -0.2) is 4.79 Å². The van der Waals surface area contributed by atoms with Crippen LogP contribution in [0.1, 0.15) is 6.23 Å². The molecule has 1 unspecified atom stereocenters. The van der Waals surface area contributed by atoms with E-state index >= 15 is 0 Å². The number of aromatic amines is 1. The molecule has 0 spiro atoms. The molecule has 0 aliphatic carbocycles. The zero-order valence-electron chi connectivity index (χ0n) is 10.6. The van der Waals surface area contributed by atoms with E-state index in [1.807, 2.05) is 4.98 Å². The van der Waals surface area contributed by atoms with Gasteiger partial charge in [0.2, 0.25) is 0 Å². The van der Waals surface area contributed by atoms with Gasteiger partial charge in [-0.1, -0.05) is 0 Å².